The molecule has 0 unspecified atom stereocenters. The summed E-state index contributed by atoms with van der Waals surface area (Å²) in [5, 5.41) is 3.17. The van der Waals surface area contributed by atoms with E-state index in [0.29, 0.717) is 16.3 Å². The molecule has 2 heterocycles. The fraction of sp³-hybridized carbons (Fsp3) is 0.267. The van der Waals surface area contributed by atoms with Crippen molar-refractivity contribution in [3.05, 3.63) is 40.5 Å². The summed E-state index contributed by atoms with van der Waals surface area (Å²) >= 11 is 5.68. The maximum Gasteiger partial charge on any atom is 0.337 e. The molecule has 6 nitrogen and oxygen atoms in total. The lowest BCUT2D eigenvalue weighted by Gasteiger charge is -2.16. The smallest absolute Gasteiger partial charge is 0.337 e. The van der Waals surface area contributed by atoms with Crippen molar-refractivity contribution in [2.45, 2.75) is 25.7 Å². The Bertz CT molecular complexity index is 745. The molecule has 0 saturated carbocycles. The third-order valence-electron chi connectivity index (χ3n) is 3.70. The summed E-state index contributed by atoms with van der Waals surface area (Å²) < 4.78 is 1.15. The largest absolute Gasteiger partial charge is 0.365 e. The standard InChI is InChI=1S/C15H16N4O2S2/c16-13(20)12-10-5-1-2-6-11(10)23-14(12)19(22)15(21)18-9-4-3-7-17-8-9/h3-4,7-8,22H,1-2,5-6H2,(H2,16,20)(H,18,21). The molecule has 3 N–H and O–H groups in total. The van der Waals surface area contributed by atoms with Crippen molar-refractivity contribution in [3.63, 3.8) is 0 Å². The van der Waals surface area contributed by atoms with Gasteiger partial charge in [0.1, 0.15) is 5.00 Å². The van der Waals surface area contributed by atoms with Gasteiger partial charge in [0, 0.05) is 11.1 Å². The van der Waals surface area contributed by atoms with Crippen molar-refractivity contribution in [2.24, 2.45) is 5.73 Å². The Morgan fingerprint density at radius 3 is 2.83 bits per heavy atom. The molecular weight excluding hydrogens is 332 g/mol. The molecule has 0 saturated heterocycles. The Balaban J connectivity index is 1.89. The van der Waals surface area contributed by atoms with E-state index in [4.69, 9.17) is 5.73 Å². The maximum atomic E-state index is 12.4. The van der Waals surface area contributed by atoms with Gasteiger partial charge in [0.15, 0.2) is 0 Å². The zero-order valence-corrected chi connectivity index (χ0v) is 14.0. The first-order chi connectivity index (χ1) is 11.1. The summed E-state index contributed by atoms with van der Waals surface area (Å²) in [6, 6.07) is 2.99. The van der Waals surface area contributed by atoms with Crippen molar-refractivity contribution < 1.29 is 9.59 Å². The molecule has 23 heavy (non-hydrogen) atoms. The first kappa shape index (κ1) is 15.8. The molecule has 1 aliphatic carbocycles. The second kappa shape index (κ2) is 6.59. The molecular formula is C15H16N4O2S2. The summed E-state index contributed by atoms with van der Waals surface area (Å²) in [6.45, 7) is 0. The number of nitrogens with zero attached hydrogens (tertiary/aromatic N) is 2. The zero-order chi connectivity index (χ0) is 16.4. The minimum absolute atomic E-state index is 0.418. The van der Waals surface area contributed by atoms with Crippen LogP contribution < -0.4 is 15.4 Å². The number of carbonyl (C=O) groups is 2. The topological polar surface area (TPSA) is 88.3 Å². The number of nitrogens with two attached hydrogens (primary N) is 1. The molecule has 0 spiro atoms. The van der Waals surface area contributed by atoms with Gasteiger partial charge < -0.3 is 11.1 Å². The fourth-order valence-corrected chi connectivity index (χ4v) is 4.23. The Morgan fingerprint density at radius 1 is 1.35 bits per heavy atom. The van der Waals surface area contributed by atoms with Crippen LogP contribution in [0.1, 0.15) is 33.6 Å². The van der Waals surface area contributed by atoms with Crippen LogP contribution >= 0.6 is 24.2 Å². The van der Waals surface area contributed by atoms with Gasteiger partial charge in [0.25, 0.3) is 5.91 Å². The number of aryl methyl sites for hydroxylation is 1. The SMILES string of the molecule is NC(=O)c1c(N(S)C(=O)Nc2cccnc2)sc2c1CCCC2. The van der Waals surface area contributed by atoms with Gasteiger partial charge in [-0.2, -0.15) is 0 Å². The van der Waals surface area contributed by atoms with Crippen LogP contribution in [-0.2, 0) is 12.8 Å². The number of rotatable bonds is 3. The second-order valence-electron chi connectivity index (χ2n) is 5.24. The average Bonchev–Trinajstić information content (AvgIpc) is 2.94. The molecule has 0 aromatic carbocycles. The first-order valence-corrected chi connectivity index (χ1v) is 8.44. The number of thiophene rings is 1. The minimum Gasteiger partial charge on any atom is -0.365 e. The van der Waals surface area contributed by atoms with Crippen LogP contribution in [0.15, 0.2) is 24.5 Å². The number of fused-ring (bicyclic) bond motifs is 1. The highest BCUT2D eigenvalue weighted by Gasteiger charge is 2.28. The molecule has 3 amide bonds. The molecule has 0 atom stereocenters. The number of urea groups is 1. The van der Waals surface area contributed by atoms with E-state index in [9.17, 15) is 9.59 Å². The monoisotopic (exact) mass is 348 g/mol. The molecule has 0 fully saturated rings. The van der Waals surface area contributed by atoms with E-state index >= 15 is 0 Å². The number of hydrogen-bond acceptors (Lipinski definition) is 5. The third-order valence-corrected chi connectivity index (χ3v) is 5.49. The number of amides is 3. The Labute approximate surface area is 143 Å². The van der Waals surface area contributed by atoms with Gasteiger partial charge in [0.05, 0.1) is 17.4 Å². The molecule has 0 aliphatic heterocycles. The van der Waals surface area contributed by atoms with Crippen LogP contribution in [0.2, 0.25) is 0 Å². The Hall–Kier alpha value is -2.06. The average molecular weight is 348 g/mol. The van der Waals surface area contributed by atoms with Gasteiger partial charge in [-0.1, -0.05) is 12.8 Å². The van der Waals surface area contributed by atoms with Gasteiger partial charge in [-0.05, 0) is 43.4 Å². The Morgan fingerprint density at radius 2 is 2.13 bits per heavy atom. The third kappa shape index (κ3) is 3.18. The minimum atomic E-state index is -0.521. The summed E-state index contributed by atoms with van der Waals surface area (Å²) in [5.74, 6) is -0.521. The summed E-state index contributed by atoms with van der Waals surface area (Å²) in [6.07, 6.45) is 6.99. The van der Waals surface area contributed by atoms with Crippen molar-refractivity contribution in [1.29, 1.82) is 0 Å². The highest BCUT2D eigenvalue weighted by molar-refractivity contribution is 7.83. The second-order valence-corrected chi connectivity index (χ2v) is 6.72. The van der Waals surface area contributed by atoms with Crippen LogP contribution in [0.4, 0.5) is 15.5 Å². The van der Waals surface area contributed by atoms with Gasteiger partial charge >= 0.3 is 6.03 Å². The van der Waals surface area contributed by atoms with Crippen molar-refractivity contribution in [3.8, 4) is 0 Å². The fourth-order valence-electron chi connectivity index (χ4n) is 2.66. The lowest BCUT2D eigenvalue weighted by Crippen LogP contribution is -2.28. The van der Waals surface area contributed by atoms with E-state index in [-0.39, 0.29) is 0 Å². The molecule has 2 aromatic rings. The van der Waals surface area contributed by atoms with E-state index < -0.39 is 11.9 Å². The number of carbonyl (C=O) groups excluding carboxylic acids is 2. The predicted octanol–water partition coefficient (Wildman–Crippen LogP) is 3.00. The van der Waals surface area contributed by atoms with Gasteiger partial charge in [-0.25, -0.2) is 9.10 Å². The van der Waals surface area contributed by atoms with Crippen LogP contribution in [0.25, 0.3) is 0 Å². The number of hydrogen-bond donors (Lipinski definition) is 3. The number of thiol groups is 1. The summed E-state index contributed by atoms with van der Waals surface area (Å²) in [5.41, 5.74) is 7.48. The van der Waals surface area contributed by atoms with Crippen molar-refractivity contribution in [2.75, 3.05) is 9.62 Å². The molecule has 2 aromatic heterocycles. The van der Waals surface area contributed by atoms with E-state index in [0.717, 1.165) is 40.4 Å². The molecule has 1 aliphatic rings. The summed E-state index contributed by atoms with van der Waals surface area (Å²) in [7, 11) is 0. The van der Waals surface area contributed by atoms with Crippen LogP contribution in [0.3, 0.4) is 0 Å². The van der Waals surface area contributed by atoms with Crippen molar-refractivity contribution >= 4 is 46.8 Å². The van der Waals surface area contributed by atoms with Gasteiger partial charge in [-0.15, -0.1) is 11.3 Å². The van der Waals surface area contributed by atoms with E-state index in [2.05, 4.69) is 23.1 Å². The number of aromatic nitrogens is 1. The van der Waals surface area contributed by atoms with Gasteiger partial charge in [0.2, 0.25) is 0 Å². The van der Waals surface area contributed by atoms with Crippen molar-refractivity contribution in [1.82, 2.24) is 4.98 Å². The van der Waals surface area contributed by atoms with E-state index in [1.807, 2.05) is 0 Å². The molecule has 120 valence electrons. The normalized spacial score (nSPS) is 13.3. The molecule has 0 bridgehead atoms. The summed E-state index contributed by atoms with van der Waals surface area (Å²) in [4.78, 5) is 29.3. The number of nitrogens with one attached hydrogen (secondary N) is 1. The lowest BCUT2D eigenvalue weighted by atomic mass is 9.95. The van der Waals surface area contributed by atoms with E-state index in [1.54, 1.807) is 18.3 Å². The zero-order valence-electron chi connectivity index (χ0n) is 12.3. The van der Waals surface area contributed by atoms with Crippen LogP contribution in [0, 0.1) is 0 Å². The predicted molar refractivity (Wildman–Crippen MR) is 94.2 cm³/mol. The van der Waals surface area contributed by atoms with Crippen LogP contribution in [-0.4, -0.2) is 16.9 Å². The maximum absolute atomic E-state index is 12.4. The molecule has 8 heteroatoms. The number of anilines is 2. The highest BCUT2D eigenvalue weighted by Crippen LogP contribution is 2.40. The quantitative estimate of drug-likeness (QED) is 0.745. The Kier molecular flexibility index (Phi) is 4.53. The van der Waals surface area contributed by atoms with E-state index in [1.165, 1.54) is 17.5 Å². The molecule has 0 radical (unpaired) electrons. The lowest BCUT2D eigenvalue weighted by molar-refractivity contribution is 0.100. The number of pyridine rings is 1. The molecule has 3 rings (SSSR count). The van der Waals surface area contributed by atoms with Crippen LogP contribution in [0.5, 0.6) is 0 Å². The highest BCUT2D eigenvalue weighted by atomic mass is 32.1. The van der Waals surface area contributed by atoms with Gasteiger partial charge in [-0.3, -0.25) is 9.78 Å². The first-order valence-electron chi connectivity index (χ1n) is 7.22. The number of primary amides is 1.